The molecule has 3 heterocycles. The summed E-state index contributed by atoms with van der Waals surface area (Å²) in [6.07, 6.45) is 1.43. The third-order valence-corrected chi connectivity index (χ3v) is 3.60. The first-order valence-electron chi connectivity index (χ1n) is 6.99. The highest BCUT2D eigenvalue weighted by Gasteiger charge is 2.22. The van der Waals surface area contributed by atoms with E-state index in [1.807, 2.05) is 9.80 Å². The minimum Gasteiger partial charge on any atom is -0.391 e. The van der Waals surface area contributed by atoms with Crippen LogP contribution in [0.1, 0.15) is 12.8 Å². The Morgan fingerprint density at radius 3 is 2.45 bits per heavy atom. The first-order chi connectivity index (χ1) is 9.72. The molecule has 0 radical (unpaired) electrons. The van der Waals surface area contributed by atoms with Crippen LogP contribution in [0.2, 0.25) is 0 Å². The molecule has 3 rings (SSSR count). The van der Waals surface area contributed by atoms with E-state index in [2.05, 4.69) is 15.0 Å². The highest BCUT2D eigenvalue weighted by molar-refractivity contribution is 5.44. The van der Waals surface area contributed by atoms with Gasteiger partial charge in [-0.3, -0.25) is 0 Å². The monoisotopic (exact) mass is 280 g/mol. The minimum atomic E-state index is -0.325. The van der Waals surface area contributed by atoms with E-state index < -0.39 is 0 Å². The zero-order valence-corrected chi connectivity index (χ0v) is 11.4. The molecule has 1 aromatic heterocycles. The third kappa shape index (κ3) is 2.91. The maximum atomic E-state index is 9.76. The number of aliphatic hydroxyl groups is 1. The van der Waals surface area contributed by atoms with E-state index in [4.69, 9.17) is 10.5 Å². The molecular formula is C12H20N6O2. The van der Waals surface area contributed by atoms with E-state index in [1.54, 1.807) is 0 Å². The average Bonchev–Trinajstić information content (AvgIpc) is 2.47. The standard InChI is InChI=1S/C12H20N6O2/c13-10-14-11(17-4-6-20-7-5-17)16-12(15-10)18-3-1-2-9(19)8-18/h9,19H,1-8H2,(H2,13,14,15,16). The van der Waals surface area contributed by atoms with E-state index in [-0.39, 0.29) is 12.1 Å². The Labute approximate surface area is 117 Å². The van der Waals surface area contributed by atoms with Gasteiger partial charge in [0.25, 0.3) is 0 Å². The van der Waals surface area contributed by atoms with E-state index >= 15 is 0 Å². The highest BCUT2D eigenvalue weighted by atomic mass is 16.5. The van der Waals surface area contributed by atoms with Crippen LogP contribution >= 0.6 is 0 Å². The number of hydrogen-bond donors (Lipinski definition) is 2. The fraction of sp³-hybridized carbons (Fsp3) is 0.750. The summed E-state index contributed by atoms with van der Waals surface area (Å²) in [6.45, 7) is 4.23. The molecule has 0 spiro atoms. The van der Waals surface area contributed by atoms with Crippen LogP contribution in [-0.4, -0.2) is 65.6 Å². The summed E-state index contributed by atoms with van der Waals surface area (Å²) in [5, 5.41) is 9.76. The minimum absolute atomic E-state index is 0.219. The summed E-state index contributed by atoms with van der Waals surface area (Å²) in [4.78, 5) is 16.9. The lowest BCUT2D eigenvalue weighted by atomic mass is 10.1. The molecule has 20 heavy (non-hydrogen) atoms. The number of nitrogens with zero attached hydrogens (tertiary/aromatic N) is 5. The van der Waals surface area contributed by atoms with Gasteiger partial charge in [0.1, 0.15) is 0 Å². The fourth-order valence-electron chi connectivity index (χ4n) is 2.55. The van der Waals surface area contributed by atoms with E-state index in [0.717, 1.165) is 32.5 Å². The van der Waals surface area contributed by atoms with Crippen molar-refractivity contribution in [2.24, 2.45) is 0 Å². The lowest BCUT2D eigenvalue weighted by molar-refractivity contribution is 0.122. The molecular weight excluding hydrogens is 260 g/mol. The summed E-state index contributed by atoms with van der Waals surface area (Å²) < 4.78 is 5.32. The number of aromatic nitrogens is 3. The van der Waals surface area contributed by atoms with Gasteiger partial charge in [-0.05, 0) is 12.8 Å². The van der Waals surface area contributed by atoms with Gasteiger partial charge in [0.15, 0.2) is 0 Å². The molecule has 1 unspecified atom stereocenters. The fourth-order valence-corrected chi connectivity index (χ4v) is 2.55. The summed E-state index contributed by atoms with van der Waals surface area (Å²) in [5.41, 5.74) is 5.80. The van der Waals surface area contributed by atoms with Crippen LogP contribution in [0.5, 0.6) is 0 Å². The Balaban J connectivity index is 1.82. The zero-order chi connectivity index (χ0) is 13.9. The molecule has 8 heteroatoms. The molecule has 1 atom stereocenters. The van der Waals surface area contributed by atoms with Crippen LogP contribution in [0.3, 0.4) is 0 Å². The number of morpholine rings is 1. The number of hydrogen-bond acceptors (Lipinski definition) is 8. The van der Waals surface area contributed by atoms with Crippen molar-refractivity contribution in [2.45, 2.75) is 18.9 Å². The van der Waals surface area contributed by atoms with Gasteiger partial charge < -0.3 is 25.4 Å². The van der Waals surface area contributed by atoms with Gasteiger partial charge >= 0.3 is 0 Å². The molecule has 2 saturated heterocycles. The summed E-state index contributed by atoms with van der Waals surface area (Å²) in [5.74, 6) is 1.37. The normalized spacial score (nSPS) is 23.9. The van der Waals surface area contributed by atoms with E-state index in [1.165, 1.54) is 0 Å². The smallest absolute Gasteiger partial charge is 0.232 e. The lowest BCUT2D eigenvalue weighted by Gasteiger charge is -2.31. The summed E-state index contributed by atoms with van der Waals surface area (Å²) >= 11 is 0. The molecule has 2 aliphatic heterocycles. The molecule has 0 saturated carbocycles. The van der Waals surface area contributed by atoms with Crippen molar-refractivity contribution in [3.05, 3.63) is 0 Å². The molecule has 0 aliphatic carbocycles. The second-order valence-corrected chi connectivity index (χ2v) is 5.14. The average molecular weight is 280 g/mol. The SMILES string of the molecule is Nc1nc(N2CCOCC2)nc(N2CCCC(O)C2)n1. The van der Waals surface area contributed by atoms with Crippen molar-refractivity contribution in [1.82, 2.24) is 15.0 Å². The molecule has 0 bridgehead atoms. The molecule has 0 amide bonds. The topological polar surface area (TPSA) is 101 Å². The maximum absolute atomic E-state index is 9.76. The third-order valence-electron chi connectivity index (χ3n) is 3.60. The largest absolute Gasteiger partial charge is 0.391 e. The quantitative estimate of drug-likeness (QED) is 0.730. The lowest BCUT2D eigenvalue weighted by Crippen LogP contribution is -2.41. The van der Waals surface area contributed by atoms with Crippen molar-refractivity contribution in [2.75, 3.05) is 54.9 Å². The van der Waals surface area contributed by atoms with Crippen molar-refractivity contribution >= 4 is 17.8 Å². The molecule has 0 aromatic carbocycles. The van der Waals surface area contributed by atoms with Crippen LogP contribution < -0.4 is 15.5 Å². The van der Waals surface area contributed by atoms with Crippen LogP contribution in [0.25, 0.3) is 0 Å². The predicted molar refractivity (Wildman–Crippen MR) is 74.7 cm³/mol. The molecule has 2 aliphatic rings. The molecule has 8 nitrogen and oxygen atoms in total. The van der Waals surface area contributed by atoms with Crippen LogP contribution in [0, 0.1) is 0 Å². The second-order valence-electron chi connectivity index (χ2n) is 5.14. The Morgan fingerprint density at radius 1 is 1.05 bits per heavy atom. The van der Waals surface area contributed by atoms with Gasteiger partial charge in [0, 0.05) is 26.2 Å². The Kier molecular flexibility index (Phi) is 3.83. The Morgan fingerprint density at radius 2 is 1.75 bits per heavy atom. The van der Waals surface area contributed by atoms with Gasteiger partial charge in [0.05, 0.1) is 19.3 Å². The van der Waals surface area contributed by atoms with Crippen molar-refractivity contribution in [3.8, 4) is 0 Å². The number of anilines is 3. The number of β-amino-alcohol motifs (C(OH)–C–C–N with tert-alkyl or cyclic N) is 1. The number of piperidine rings is 1. The molecule has 3 N–H and O–H groups in total. The van der Waals surface area contributed by atoms with Crippen LogP contribution in [-0.2, 0) is 4.74 Å². The van der Waals surface area contributed by atoms with E-state index in [0.29, 0.717) is 31.7 Å². The molecule has 110 valence electrons. The van der Waals surface area contributed by atoms with Gasteiger partial charge in [-0.1, -0.05) is 0 Å². The van der Waals surface area contributed by atoms with Gasteiger partial charge in [-0.15, -0.1) is 0 Å². The number of ether oxygens (including phenoxy) is 1. The highest BCUT2D eigenvalue weighted by Crippen LogP contribution is 2.20. The van der Waals surface area contributed by atoms with Crippen LogP contribution in [0.15, 0.2) is 0 Å². The Bertz CT molecular complexity index is 465. The predicted octanol–water partition coefficient (Wildman–Crippen LogP) is -0.748. The van der Waals surface area contributed by atoms with Crippen molar-refractivity contribution in [1.29, 1.82) is 0 Å². The van der Waals surface area contributed by atoms with Crippen molar-refractivity contribution < 1.29 is 9.84 Å². The number of rotatable bonds is 2. The van der Waals surface area contributed by atoms with Crippen molar-refractivity contribution in [3.63, 3.8) is 0 Å². The summed E-state index contributed by atoms with van der Waals surface area (Å²) in [6, 6.07) is 0. The number of nitrogens with two attached hydrogens (primary N) is 1. The van der Waals surface area contributed by atoms with E-state index in [9.17, 15) is 5.11 Å². The molecule has 1 aromatic rings. The Hall–Kier alpha value is -1.67. The summed E-state index contributed by atoms with van der Waals surface area (Å²) in [7, 11) is 0. The zero-order valence-electron chi connectivity index (χ0n) is 11.4. The van der Waals surface area contributed by atoms with Crippen LogP contribution in [0.4, 0.5) is 17.8 Å². The first-order valence-corrected chi connectivity index (χ1v) is 6.99. The first kappa shape index (κ1) is 13.3. The van der Waals surface area contributed by atoms with Gasteiger partial charge in [0.2, 0.25) is 17.8 Å². The number of nitrogen functional groups attached to an aromatic ring is 1. The maximum Gasteiger partial charge on any atom is 0.232 e. The second kappa shape index (κ2) is 5.76. The van der Waals surface area contributed by atoms with Gasteiger partial charge in [-0.2, -0.15) is 15.0 Å². The number of aliphatic hydroxyl groups excluding tert-OH is 1. The van der Waals surface area contributed by atoms with Gasteiger partial charge in [-0.25, -0.2) is 0 Å². The molecule has 2 fully saturated rings.